The monoisotopic (exact) mass is 401 g/mol. The van der Waals surface area contributed by atoms with E-state index in [1.807, 2.05) is 18.5 Å². The quantitative estimate of drug-likeness (QED) is 0.704. The Hall–Kier alpha value is -2.02. The van der Waals surface area contributed by atoms with E-state index in [0.29, 0.717) is 12.3 Å². The minimum absolute atomic E-state index is 0.0701. The van der Waals surface area contributed by atoms with Crippen molar-refractivity contribution in [3.63, 3.8) is 0 Å². The van der Waals surface area contributed by atoms with E-state index in [1.165, 1.54) is 6.07 Å². The van der Waals surface area contributed by atoms with Gasteiger partial charge >= 0.3 is 6.18 Å². The van der Waals surface area contributed by atoms with E-state index >= 15 is 0 Å². The molecule has 1 heterocycles. The van der Waals surface area contributed by atoms with E-state index in [1.54, 1.807) is 0 Å². The fraction of sp³-hybridized carbons (Fsp3) is 0.474. The molecule has 0 fully saturated rings. The number of nitrogens with one attached hydrogen (secondary N) is 1. The maximum Gasteiger partial charge on any atom is 0.417 e. The van der Waals surface area contributed by atoms with Gasteiger partial charge in [0.15, 0.2) is 0 Å². The third-order valence-electron chi connectivity index (χ3n) is 4.23. The van der Waals surface area contributed by atoms with Gasteiger partial charge in [-0.25, -0.2) is 0 Å². The first-order chi connectivity index (χ1) is 12.5. The Morgan fingerprint density at radius 2 is 1.96 bits per heavy atom. The van der Waals surface area contributed by atoms with Crippen molar-refractivity contribution in [2.24, 2.45) is 5.92 Å². The molecule has 0 radical (unpaired) electrons. The highest BCUT2D eigenvalue weighted by Gasteiger charge is 2.33. The second-order valence-corrected chi connectivity index (χ2v) is 7.37. The Balaban J connectivity index is 2.04. The number of amides is 1. The van der Waals surface area contributed by atoms with Crippen LogP contribution in [-0.4, -0.2) is 15.7 Å². The molecule has 0 aliphatic carbocycles. The van der Waals surface area contributed by atoms with Gasteiger partial charge in [-0.15, -0.1) is 0 Å². The average molecular weight is 402 g/mol. The number of aromatic nitrogens is 2. The predicted octanol–water partition coefficient (Wildman–Crippen LogP) is 5.40. The SMILES string of the molecule is Cc1nn(CC(C)C)c(C)c1CCC(=O)Nc1ccc(Cl)c(C(F)(F)F)c1. The molecule has 148 valence electrons. The van der Waals surface area contributed by atoms with Crippen LogP contribution >= 0.6 is 11.6 Å². The van der Waals surface area contributed by atoms with Gasteiger partial charge in [0.1, 0.15) is 0 Å². The van der Waals surface area contributed by atoms with Crippen molar-refractivity contribution in [1.82, 2.24) is 9.78 Å². The summed E-state index contributed by atoms with van der Waals surface area (Å²) in [6, 6.07) is 3.33. The Kier molecular flexibility index (Phi) is 6.57. The van der Waals surface area contributed by atoms with E-state index < -0.39 is 16.8 Å². The van der Waals surface area contributed by atoms with Gasteiger partial charge in [0.25, 0.3) is 0 Å². The number of carbonyl (C=O) groups excluding carboxylic acids is 1. The lowest BCUT2D eigenvalue weighted by molar-refractivity contribution is -0.137. The summed E-state index contributed by atoms with van der Waals surface area (Å²) in [6.45, 7) is 8.86. The Morgan fingerprint density at radius 1 is 1.30 bits per heavy atom. The summed E-state index contributed by atoms with van der Waals surface area (Å²) in [5.74, 6) is 0.0905. The maximum atomic E-state index is 12.9. The summed E-state index contributed by atoms with van der Waals surface area (Å²) >= 11 is 5.59. The number of rotatable bonds is 6. The molecule has 8 heteroatoms. The number of anilines is 1. The van der Waals surface area contributed by atoms with E-state index in [4.69, 9.17) is 11.6 Å². The van der Waals surface area contributed by atoms with Crippen LogP contribution in [-0.2, 0) is 23.9 Å². The van der Waals surface area contributed by atoms with Crippen LogP contribution in [0.4, 0.5) is 18.9 Å². The summed E-state index contributed by atoms with van der Waals surface area (Å²) in [6.07, 6.45) is -3.95. The van der Waals surface area contributed by atoms with Gasteiger partial charge in [-0.2, -0.15) is 18.3 Å². The highest BCUT2D eigenvalue weighted by Crippen LogP contribution is 2.36. The first-order valence-corrected chi connectivity index (χ1v) is 9.06. The van der Waals surface area contributed by atoms with Crippen LogP contribution in [0.15, 0.2) is 18.2 Å². The molecule has 1 aromatic carbocycles. The van der Waals surface area contributed by atoms with E-state index in [0.717, 1.165) is 35.6 Å². The summed E-state index contributed by atoms with van der Waals surface area (Å²) in [5, 5.41) is 6.61. The molecule has 2 aromatic rings. The Bertz CT molecular complexity index is 828. The van der Waals surface area contributed by atoms with Crippen LogP contribution in [0.2, 0.25) is 5.02 Å². The lowest BCUT2D eigenvalue weighted by Gasteiger charge is -2.12. The van der Waals surface area contributed by atoms with Gasteiger partial charge < -0.3 is 5.32 Å². The lowest BCUT2D eigenvalue weighted by atomic mass is 10.1. The molecule has 0 bridgehead atoms. The number of benzene rings is 1. The number of hydrogen-bond acceptors (Lipinski definition) is 2. The molecule has 2 rings (SSSR count). The second kappa shape index (κ2) is 8.33. The third kappa shape index (κ3) is 5.48. The number of alkyl halides is 3. The van der Waals surface area contributed by atoms with Crippen LogP contribution in [0, 0.1) is 19.8 Å². The highest BCUT2D eigenvalue weighted by molar-refractivity contribution is 6.31. The maximum absolute atomic E-state index is 12.9. The third-order valence-corrected chi connectivity index (χ3v) is 4.56. The van der Waals surface area contributed by atoms with Crippen molar-refractivity contribution in [3.8, 4) is 0 Å². The zero-order valence-corrected chi connectivity index (χ0v) is 16.5. The van der Waals surface area contributed by atoms with Crippen molar-refractivity contribution in [2.45, 2.75) is 53.3 Å². The minimum atomic E-state index is -4.57. The molecule has 0 atom stereocenters. The number of halogens is 4. The van der Waals surface area contributed by atoms with Crippen molar-refractivity contribution >= 4 is 23.2 Å². The van der Waals surface area contributed by atoms with Gasteiger partial charge in [0.05, 0.1) is 16.3 Å². The average Bonchev–Trinajstić information content (AvgIpc) is 2.79. The molecule has 0 unspecified atom stereocenters. The largest absolute Gasteiger partial charge is 0.417 e. The van der Waals surface area contributed by atoms with Gasteiger partial charge in [-0.1, -0.05) is 25.4 Å². The molecule has 0 aliphatic heterocycles. The molecule has 27 heavy (non-hydrogen) atoms. The van der Waals surface area contributed by atoms with Crippen molar-refractivity contribution in [3.05, 3.63) is 45.7 Å². The van der Waals surface area contributed by atoms with Crippen LogP contribution in [0.1, 0.15) is 42.8 Å². The Labute approximate surface area is 161 Å². The van der Waals surface area contributed by atoms with Crippen molar-refractivity contribution in [2.75, 3.05) is 5.32 Å². The van der Waals surface area contributed by atoms with Crippen molar-refractivity contribution in [1.29, 1.82) is 0 Å². The van der Waals surface area contributed by atoms with Crippen LogP contribution in [0.3, 0.4) is 0 Å². The summed E-state index contributed by atoms with van der Waals surface area (Å²) < 4.78 is 40.7. The van der Waals surface area contributed by atoms with Gasteiger partial charge in [-0.3, -0.25) is 9.48 Å². The number of hydrogen-bond donors (Lipinski definition) is 1. The zero-order valence-electron chi connectivity index (χ0n) is 15.7. The molecular weight excluding hydrogens is 379 g/mol. The standard InChI is InChI=1S/C19H23ClF3N3O/c1-11(2)10-26-13(4)15(12(3)25-26)6-8-18(27)24-14-5-7-17(20)16(9-14)19(21,22)23/h5,7,9,11H,6,8,10H2,1-4H3,(H,24,27). The predicted molar refractivity (Wildman–Crippen MR) is 99.9 cm³/mol. The molecule has 0 spiro atoms. The fourth-order valence-electron chi connectivity index (χ4n) is 2.90. The molecule has 1 aromatic heterocycles. The molecular formula is C19H23ClF3N3O. The van der Waals surface area contributed by atoms with Crippen molar-refractivity contribution < 1.29 is 18.0 Å². The zero-order chi connectivity index (χ0) is 20.4. The van der Waals surface area contributed by atoms with Gasteiger partial charge in [0.2, 0.25) is 5.91 Å². The second-order valence-electron chi connectivity index (χ2n) is 6.97. The van der Waals surface area contributed by atoms with E-state index in [9.17, 15) is 18.0 Å². The first kappa shape index (κ1) is 21.3. The molecule has 1 amide bonds. The fourth-order valence-corrected chi connectivity index (χ4v) is 3.13. The smallest absolute Gasteiger partial charge is 0.326 e. The normalized spacial score (nSPS) is 11.9. The Morgan fingerprint density at radius 3 is 2.56 bits per heavy atom. The lowest BCUT2D eigenvalue weighted by Crippen LogP contribution is -2.14. The molecule has 0 saturated heterocycles. The first-order valence-electron chi connectivity index (χ1n) is 8.68. The number of nitrogens with zero attached hydrogens (tertiary/aromatic N) is 2. The van der Waals surface area contributed by atoms with Crippen LogP contribution in [0.5, 0.6) is 0 Å². The van der Waals surface area contributed by atoms with E-state index in [2.05, 4.69) is 24.3 Å². The molecule has 0 aliphatic rings. The molecule has 0 saturated carbocycles. The van der Waals surface area contributed by atoms with Gasteiger partial charge in [0, 0.05) is 24.3 Å². The highest BCUT2D eigenvalue weighted by atomic mass is 35.5. The minimum Gasteiger partial charge on any atom is -0.326 e. The number of carbonyl (C=O) groups is 1. The summed E-state index contributed by atoms with van der Waals surface area (Å²) in [5.41, 5.74) is 1.98. The van der Waals surface area contributed by atoms with Crippen LogP contribution < -0.4 is 5.32 Å². The van der Waals surface area contributed by atoms with Gasteiger partial charge in [-0.05, 0) is 49.9 Å². The number of aryl methyl sites for hydroxylation is 1. The summed E-state index contributed by atoms with van der Waals surface area (Å²) in [7, 11) is 0. The summed E-state index contributed by atoms with van der Waals surface area (Å²) in [4.78, 5) is 12.2. The molecule has 4 nitrogen and oxygen atoms in total. The topological polar surface area (TPSA) is 46.9 Å². The van der Waals surface area contributed by atoms with E-state index in [-0.39, 0.29) is 18.0 Å². The van der Waals surface area contributed by atoms with Crippen LogP contribution in [0.25, 0.3) is 0 Å². The molecule has 1 N–H and O–H groups in total.